The maximum Gasteiger partial charge on any atom is 0.344 e. The highest BCUT2D eigenvalue weighted by molar-refractivity contribution is 6.11. The topological polar surface area (TPSA) is 71.1 Å². The van der Waals surface area contributed by atoms with Crippen LogP contribution in [-0.2, 0) is 25.5 Å². The molecule has 0 radical (unpaired) electrons. The van der Waals surface area contributed by atoms with Crippen molar-refractivity contribution in [3.8, 4) is 11.5 Å². The molecule has 0 saturated heterocycles. The van der Waals surface area contributed by atoms with Crippen molar-refractivity contribution in [2.24, 2.45) is 11.8 Å². The molecular weight excluding hydrogens is 552 g/mol. The number of rotatable bonds is 21. The fraction of sp³-hybridized carbons (Fsp3) is 0.579. The minimum absolute atomic E-state index is 0.175. The molecule has 0 aliphatic heterocycles. The van der Waals surface area contributed by atoms with Gasteiger partial charge < -0.3 is 18.9 Å². The summed E-state index contributed by atoms with van der Waals surface area (Å²) in [5, 5.41) is 3.33. The van der Waals surface area contributed by atoms with E-state index < -0.39 is 0 Å². The van der Waals surface area contributed by atoms with Gasteiger partial charge in [0.2, 0.25) is 0 Å². The maximum absolute atomic E-state index is 12.8. The molecule has 0 fully saturated rings. The van der Waals surface area contributed by atoms with Gasteiger partial charge in [-0.2, -0.15) is 0 Å². The van der Waals surface area contributed by atoms with E-state index in [1.807, 2.05) is 30.3 Å². The van der Waals surface area contributed by atoms with E-state index in [0.717, 1.165) is 92.2 Å². The van der Waals surface area contributed by atoms with E-state index in [1.165, 1.54) is 5.56 Å². The van der Waals surface area contributed by atoms with Crippen LogP contribution in [0.3, 0.4) is 0 Å². The normalized spacial score (nSPS) is 12.7. The zero-order valence-electron chi connectivity index (χ0n) is 27.8. The van der Waals surface area contributed by atoms with Gasteiger partial charge in [-0.15, -0.1) is 0 Å². The van der Waals surface area contributed by atoms with E-state index in [9.17, 15) is 9.59 Å². The minimum atomic E-state index is -0.371. The van der Waals surface area contributed by atoms with Gasteiger partial charge in [0.05, 0.1) is 13.2 Å². The average Bonchev–Trinajstić information content (AvgIpc) is 3.05. The Morgan fingerprint density at radius 3 is 1.57 bits per heavy atom. The second kappa shape index (κ2) is 19.2. The Labute approximate surface area is 264 Å². The summed E-state index contributed by atoms with van der Waals surface area (Å²) in [6.45, 7) is 11.3. The van der Waals surface area contributed by atoms with Gasteiger partial charge in [0, 0.05) is 21.5 Å². The molecule has 242 valence electrons. The molecule has 0 spiro atoms. The molecule has 6 heteroatoms. The van der Waals surface area contributed by atoms with Crippen LogP contribution in [0.25, 0.3) is 21.5 Å². The van der Waals surface area contributed by atoms with Gasteiger partial charge in [0.25, 0.3) is 0 Å². The summed E-state index contributed by atoms with van der Waals surface area (Å²) in [6, 6.07) is 14.1. The molecule has 0 aliphatic carbocycles. The molecule has 2 atom stereocenters. The molecule has 0 heterocycles. The monoisotopic (exact) mass is 606 g/mol. The highest BCUT2D eigenvalue weighted by Crippen LogP contribution is 2.43. The van der Waals surface area contributed by atoms with E-state index in [1.54, 1.807) is 0 Å². The lowest BCUT2D eigenvalue weighted by Gasteiger charge is -2.19. The largest absolute Gasteiger partial charge is 0.481 e. The predicted molar refractivity (Wildman–Crippen MR) is 180 cm³/mol. The number of aryl methyl sites for hydroxylation is 1. The zero-order chi connectivity index (χ0) is 31.7. The molecule has 6 nitrogen and oxygen atoms in total. The van der Waals surface area contributed by atoms with Crippen LogP contribution in [0.4, 0.5) is 0 Å². The van der Waals surface area contributed by atoms with Gasteiger partial charge in [-0.25, -0.2) is 9.59 Å². The Morgan fingerprint density at radius 1 is 0.614 bits per heavy atom. The number of carbonyl (C=O) groups is 2. The number of hydrogen-bond acceptors (Lipinski definition) is 6. The van der Waals surface area contributed by atoms with Crippen LogP contribution in [0.1, 0.15) is 104 Å². The molecule has 3 aromatic carbocycles. The van der Waals surface area contributed by atoms with E-state index >= 15 is 0 Å². The van der Waals surface area contributed by atoms with E-state index in [2.05, 4.69) is 46.8 Å². The second-order valence-electron chi connectivity index (χ2n) is 12.0. The third-order valence-corrected chi connectivity index (χ3v) is 8.52. The molecule has 0 aromatic heterocycles. The van der Waals surface area contributed by atoms with Gasteiger partial charge in [-0.1, -0.05) is 116 Å². The number of ether oxygens (including phenoxy) is 4. The molecule has 44 heavy (non-hydrogen) atoms. The first-order valence-corrected chi connectivity index (χ1v) is 17.0. The van der Waals surface area contributed by atoms with Crippen molar-refractivity contribution < 1.29 is 28.5 Å². The number of carbonyl (C=O) groups excluding carboxylic acids is 2. The molecule has 3 rings (SSSR count). The third kappa shape index (κ3) is 10.4. The lowest BCUT2D eigenvalue weighted by molar-refractivity contribution is -0.148. The van der Waals surface area contributed by atoms with Crippen molar-refractivity contribution in [2.45, 2.75) is 105 Å². The average molecular weight is 607 g/mol. The molecule has 3 aromatic rings. The molecule has 2 unspecified atom stereocenters. The smallest absolute Gasteiger partial charge is 0.344 e. The van der Waals surface area contributed by atoms with Crippen LogP contribution in [0.15, 0.2) is 42.5 Å². The van der Waals surface area contributed by atoms with Gasteiger partial charge in [-0.05, 0) is 49.1 Å². The van der Waals surface area contributed by atoms with Gasteiger partial charge in [0.1, 0.15) is 11.5 Å². The van der Waals surface area contributed by atoms with Gasteiger partial charge in [-0.3, -0.25) is 0 Å². The van der Waals surface area contributed by atoms with E-state index in [4.69, 9.17) is 18.9 Å². The fourth-order valence-corrected chi connectivity index (χ4v) is 5.56. The minimum Gasteiger partial charge on any atom is -0.481 e. The molecule has 0 bridgehead atoms. The van der Waals surface area contributed by atoms with Crippen molar-refractivity contribution in [2.75, 3.05) is 26.4 Å². The Hall–Kier alpha value is -3.28. The predicted octanol–water partition coefficient (Wildman–Crippen LogP) is 9.61. The summed E-state index contributed by atoms with van der Waals surface area (Å²) in [4.78, 5) is 25.6. The first-order valence-electron chi connectivity index (χ1n) is 17.0. The Bertz CT molecular complexity index is 1320. The third-order valence-electron chi connectivity index (χ3n) is 8.52. The molecule has 0 amide bonds. The lowest BCUT2D eigenvalue weighted by atomic mass is 9.97. The zero-order valence-corrected chi connectivity index (χ0v) is 27.8. The second-order valence-corrected chi connectivity index (χ2v) is 12.0. The summed E-state index contributed by atoms with van der Waals surface area (Å²) in [5.41, 5.74) is 1.19. The summed E-state index contributed by atoms with van der Waals surface area (Å²) in [5.74, 6) is 1.24. The number of unbranched alkanes of at least 4 members (excludes halogenated alkanes) is 3. The quantitative estimate of drug-likeness (QED) is 0.0888. The highest BCUT2D eigenvalue weighted by Gasteiger charge is 2.20. The van der Waals surface area contributed by atoms with Crippen molar-refractivity contribution >= 4 is 33.5 Å². The van der Waals surface area contributed by atoms with Crippen LogP contribution < -0.4 is 9.47 Å². The van der Waals surface area contributed by atoms with Crippen LogP contribution >= 0.6 is 0 Å². The van der Waals surface area contributed by atoms with Crippen LogP contribution in [-0.4, -0.2) is 38.4 Å². The highest BCUT2D eigenvalue weighted by atomic mass is 16.6. The van der Waals surface area contributed by atoms with Crippen molar-refractivity contribution in [3.63, 3.8) is 0 Å². The summed E-state index contributed by atoms with van der Waals surface area (Å²) < 4.78 is 23.8. The Balaban J connectivity index is 1.86. The molecular formula is C38H54O6. The van der Waals surface area contributed by atoms with Crippen molar-refractivity contribution in [1.82, 2.24) is 0 Å². The molecule has 0 aliphatic rings. The SMILES string of the molecule is CCCCc1ccc2c(OCC(=O)OCC(CC)CCCC)c3ccccc3c(OCC(=O)OCC(CC)CCCC)c2c1. The lowest BCUT2D eigenvalue weighted by Crippen LogP contribution is -2.20. The van der Waals surface area contributed by atoms with Crippen LogP contribution in [0, 0.1) is 11.8 Å². The number of benzene rings is 3. The number of hydrogen-bond donors (Lipinski definition) is 0. The summed E-state index contributed by atoms with van der Waals surface area (Å²) >= 11 is 0. The molecule has 0 saturated carbocycles. The Morgan fingerprint density at radius 2 is 1.09 bits per heavy atom. The van der Waals surface area contributed by atoms with Gasteiger partial charge in [0.15, 0.2) is 13.2 Å². The van der Waals surface area contributed by atoms with E-state index in [0.29, 0.717) is 36.5 Å². The first-order chi connectivity index (χ1) is 21.4. The van der Waals surface area contributed by atoms with E-state index in [-0.39, 0.29) is 25.2 Å². The van der Waals surface area contributed by atoms with Crippen molar-refractivity contribution in [1.29, 1.82) is 0 Å². The Kier molecular flexibility index (Phi) is 15.3. The number of fused-ring (bicyclic) bond motifs is 2. The standard InChI is InChI=1S/C38H54O6/c1-6-11-16-28(9-4)24-41-35(39)26-43-37-31-19-14-15-20-32(31)38(34-23-30(18-13-8-3)21-22-33(34)37)44-27-36(40)42-25-29(10-5)17-12-7-2/h14-15,19-23,28-29H,6-13,16-18,24-27H2,1-5H3. The fourth-order valence-electron chi connectivity index (χ4n) is 5.56. The summed E-state index contributed by atoms with van der Waals surface area (Å²) in [6.07, 6.45) is 11.7. The number of esters is 2. The van der Waals surface area contributed by atoms with Crippen molar-refractivity contribution in [3.05, 3.63) is 48.0 Å². The molecule has 0 N–H and O–H groups in total. The van der Waals surface area contributed by atoms with Crippen LogP contribution in [0.2, 0.25) is 0 Å². The first kappa shape index (κ1) is 35.2. The van der Waals surface area contributed by atoms with Crippen LogP contribution in [0.5, 0.6) is 11.5 Å². The maximum atomic E-state index is 12.8. The summed E-state index contributed by atoms with van der Waals surface area (Å²) in [7, 11) is 0. The van der Waals surface area contributed by atoms with Gasteiger partial charge >= 0.3 is 11.9 Å².